The highest BCUT2D eigenvalue weighted by atomic mass is 35.5. The first-order valence-electron chi connectivity index (χ1n) is 7.60. The van der Waals surface area contributed by atoms with Crippen molar-refractivity contribution in [2.45, 2.75) is 26.4 Å². The lowest BCUT2D eigenvalue weighted by Gasteiger charge is -2.28. The van der Waals surface area contributed by atoms with Crippen LogP contribution in [-0.4, -0.2) is 56.3 Å². The number of ether oxygens (including phenoxy) is 2. The van der Waals surface area contributed by atoms with Crippen molar-refractivity contribution in [2.75, 3.05) is 38.2 Å². The van der Waals surface area contributed by atoms with Crippen LogP contribution in [0.4, 0.5) is 5.82 Å². The van der Waals surface area contributed by atoms with Crippen LogP contribution in [0.3, 0.4) is 0 Å². The average molecular weight is 358 g/mol. The first kappa shape index (κ1) is 20.2. The fraction of sp³-hybridized carbons (Fsp3) is 0.562. The molecule has 0 saturated carbocycles. The molecule has 2 heterocycles. The quantitative estimate of drug-likeness (QED) is 0.502. The SMILES string of the molecule is CC(C)(C)OC=O.COC(=O)c1cc(Cl)nc(N2CCNCC2)c1. The van der Waals surface area contributed by atoms with Crippen molar-refractivity contribution in [1.29, 1.82) is 0 Å². The van der Waals surface area contributed by atoms with Gasteiger partial charge in [0.2, 0.25) is 0 Å². The van der Waals surface area contributed by atoms with Crippen molar-refractivity contribution in [3.05, 3.63) is 22.8 Å². The van der Waals surface area contributed by atoms with Crippen LogP contribution in [0, 0.1) is 0 Å². The summed E-state index contributed by atoms with van der Waals surface area (Å²) in [4.78, 5) is 27.4. The van der Waals surface area contributed by atoms with Crippen LogP contribution >= 0.6 is 11.6 Å². The zero-order valence-corrected chi connectivity index (χ0v) is 15.2. The molecule has 1 N–H and O–H groups in total. The standard InChI is InChI=1S/C11H14ClN3O2.C5H10O2/c1-17-11(16)8-6-9(12)14-10(7-8)15-4-2-13-3-5-15;1-5(2,3)7-4-6/h6-7,13H,2-5H2,1H3;4H,1-3H3. The van der Waals surface area contributed by atoms with Crippen LogP contribution in [-0.2, 0) is 14.3 Å². The molecule has 1 aliphatic rings. The van der Waals surface area contributed by atoms with Crippen LogP contribution in [0.25, 0.3) is 0 Å². The number of rotatable bonds is 3. The van der Waals surface area contributed by atoms with E-state index in [1.54, 1.807) is 6.07 Å². The molecule has 0 aromatic carbocycles. The monoisotopic (exact) mass is 357 g/mol. The Labute approximate surface area is 147 Å². The number of esters is 1. The van der Waals surface area contributed by atoms with Crippen LogP contribution in [0.5, 0.6) is 0 Å². The van der Waals surface area contributed by atoms with E-state index in [-0.39, 0.29) is 5.60 Å². The Morgan fingerprint density at radius 1 is 1.33 bits per heavy atom. The number of carbonyl (C=O) groups excluding carboxylic acids is 2. The first-order chi connectivity index (χ1) is 11.3. The number of anilines is 1. The molecule has 0 aliphatic carbocycles. The van der Waals surface area contributed by atoms with Crippen LogP contribution in [0.15, 0.2) is 12.1 Å². The summed E-state index contributed by atoms with van der Waals surface area (Å²) >= 11 is 5.91. The minimum atomic E-state index is -0.398. The van der Waals surface area contributed by atoms with E-state index < -0.39 is 5.97 Å². The lowest BCUT2D eigenvalue weighted by molar-refractivity contribution is -0.138. The van der Waals surface area contributed by atoms with Gasteiger partial charge in [-0.2, -0.15) is 0 Å². The van der Waals surface area contributed by atoms with Gasteiger partial charge in [-0.1, -0.05) is 11.6 Å². The van der Waals surface area contributed by atoms with Gasteiger partial charge in [0.15, 0.2) is 0 Å². The minimum Gasteiger partial charge on any atom is -0.465 e. The molecule has 1 fully saturated rings. The molecule has 1 aliphatic heterocycles. The normalized spacial score (nSPS) is 14.3. The average Bonchev–Trinajstić information content (AvgIpc) is 2.54. The highest BCUT2D eigenvalue weighted by Crippen LogP contribution is 2.19. The van der Waals surface area contributed by atoms with E-state index >= 15 is 0 Å². The zero-order chi connectivity index (χ0) is 18.2. The van der Waals surface area contributed by atoms with Gasteiger partial charge < -0.3 is 19.7 Å². The van der Waals surface area contributed by atoms with Gasteiger partial charge in [-0.25, -0.2) is 9.78 Å². The number of carbonyl (C=O) groups is 2. The van der Waals surface area contributed by atoms with E-state index in [1.165, 1.54) is 13.2 Å². The molecule has 1 saturated heterocycles. The smallest absolute Gasteiger partial charge is 0.338 e. The van der Waals surface area contributed by atoms with Gasteiger partial charge in [0.1, 0.15) is 16.6 Å². The van der Waals surface area contributed by atoms with Crippen LogP contribution in [0.2, 0.25) is 5.15 Å². The maximum Gasteiger partial charge on any atom is 0.338 e. The van der Waals surface area contributed by atoms with Crippen molar-refractivity contribution >= 4 is 29.9 Å². The third-order valence-electron chi connectivity index (χ3n) is 3.04. The largest absolute Gasteiger partial charge is 0.465 e. The fourth-order valence-electron chi connectivity index (χ4n) is 1.92. The second-order valence-electron chi connectivity index (χ2n) is 6.09. The highest BCUT2D eigenvalue weighted by molar-refractivity contribution is 6.29. The van der Waals surface area contributed by atoms with E-state index in [0.29, 0.717) is 17.2 Å². The molecule has 134 valence electrons. The van der Waals surface area contributed by atoms with Crippen molar-refractivity contribution in [3.8, 4) is 0 Å². The summed E-state index contributed by atoms with van der Waals surface area (Å²) < 4.78 is 9.23. The molecule has 1 aromatic rings. The Morgan fingerprint density at radius 3 is 2.42 bits per heavy atom. The van der Waals surface area contributed by atoms with Gasteiger partial charge in [0, 0.05) is 26.2 Å². The number of nitrogens with one attached hydrogen (secondary N) is 1. The third-order valence-corrected chi connectivity index (χ3v) is 3.24. The molecule has 7 nitrogen and oxygen atoms in total. The van der Waals surface area contributed by atoms with Gasteiger partial charge >= 0.3 is 5.97 Å². The van der Waals surface area contributed by atoms with E-state index in [4.69, 9.17) is 11.6 Å². The number of hydrogen-bond acceptors (Lipinski definition) is 7. The van der Waals surface area contributed by atoms with E-state index in [0.717, 1.165) is 32.0 Å². The van der Waals surface area contributed by atoms with Crippen molar-refractivity contribution < 1.29 is 19.1 Å². The lowest BCUT2D eigenvalue weighted by atomic mass is 10.2. The topological polar surface area (TPSA) is 80.8 Å². The van der Waals surface area contributed by atoms with E-state index in [2.05, 4.69) is 24.7 Å². The van der Waals surface area contributed by atoms with Gasteiger partial charge in [-0.3, -0.25) is 4.79 Å². The molecule has 2 rings (SSSR count). The number of halogens is 1. The Balaban J connectivity index is 0.000000351. The number of aromatic nitrogens is 1. The second kappa shape index (κ2) is 9.44. The predicted molar refractivity (Wildman–Crippen MR) is 92.6 cm³/mol. The minimum absolute atomic E-state index is 0.307. The van der Waals surface area contributed by atoms with Crippen molar-refractivity contribution in [3.63, 3.8) is 0 Å². The zero-order valence-electron chi connectivity index (χ0n) is 14.5. The number of hydrogen-bond donors (Lipinski definition) is 1. The molecule has 0 unspecified atom stereocenters. The summed E-state index contributed by atoms with van der Waals surface area (Å²) in [5, 5.41) is 3.56. The van der Waals surface area contributed by atoms with Gasteiger partial charge in [0.05, 0.1) is 12.7 Å². The molecule has 0 atom stereocenters. The van der Waals surface area contributed by atoms with Gasteiger partial charge in [-0.05, 0) is 32.9 Å². The van der Waals surface area contributed by atoms with E-state index in [9.17, 15) is 9.59 Å². The lowest BCUT2D eigenvalue weighted by Crippen LogP contribution is -2.44. The Hall–Kier alpha value is -1.86. The fourth-order valence-corrected chi connectivity index (χ4v) is 2.12. The molecule has 0 spiro atoms. The second-order valence-corrected chi connectivity index (χ2v) is 6.48. The number of nitrogens with zero attached hydrogens (tertiary/aromatic N) is 2. The number of pyridine rings is 1. The number of piperazine rings is 1. The predicted octanol–water partition coefficient (Wildman–Crippen LogP) is 1.89. The summed E-state index contributed by atoms with van der Waals surface area (Å²) in [6.07, 6.45) is 0. The molecule has 0 radical (unpaired) electrons. The third kappa shape index (κ3) is 7.14. The van der Waals surface area contributed by atoms with Crippen molar-refractivity contribution in [1.82, 2.24) is 10.3 Å². The molecule has 0 bridgehead atoms. The molecular formula is C16H24ClN3O4. The Morgan fingerprint density at radius 2 is 1.96 bits per heavy atom. The summed E-state index contributed by atoms with van der Waals surface area (Å²) in [6, 6.07) is 3.22. The Bertz CT molecular complexity index is 555. The molecule has 0 amide bonds. The maximum absolute atomic E-state index is 11.5. The summed E-state index contributed by atoms with van der Waals surface area (Å²) in [5.74, 6) is 0.324. The summed E-state index contributed by atoms with van der Waals surface area (Å²) in [5.41, 5.74) is 0.114. The summed E-state index contributed by atoms with van der Waals surface area (Å²) in [6.45, 7) is 9.44. The van der Waals surface area contributed by atoms with Gasteiger partial charge in [0.25, 0.3) is 6.47 Å². The number of methoxy groups -OCH3 is 1. The molecule has 1 aromatic heterocycles. The van der Waals surface area contributed by atoms with E-state index in [1.807, 2.05) is 20.8 Å². The molecule has 8 heteroatoms. The van der Waals surface area contributed by atoms with Gasteiger partial charge in [-0.15, -0.1) is 0 Å². The molecule has 24 heavy (non-hydrogen) atoms. The summed E-state index contributed by atoms with van der Waals surface area (Å²) in [7, 11) is 1.35. The van der Waals surface area contributed by atoms with Crippen LogP contribution in [0.1, 0.15) is 31.1 Å². The highest BCUT2D eigenvalue weighted by Gasteiger charge is 2.15. The first-order valence-corrected chi connectivity index (χ1v) is 7.97. The maximum atomic E-state index is 11.5. The van der Waals surface area contributed by atoms with Crippen molar-refractivity contribution in [2.24, 2.45) is 0 Å². The Kier molecular flexibility index (Phi) is 7.94. The van der Waals surface area contributed by atoms with Crippen LogP contribution < -0.4 is 10.2 Å². The molecular weight excluding hydrogens is 334 g/mol.